The fourth-order valence-electron chi connectivity index (χ4n) is 2.38. The molecule has 1 aromatic rings. The molecule has 1 unspecified atom stereocenters. The van der Waals surface area contributed by atoms with E-state index in [1.54, 1.807) is 7.11 Å². The smallest absolute Gasteiger partial charge is 0.175 e. The highest BCUT2D eigenvalue weighted by Gasteiger charge is 2.27. The molecule has 3 rings (SSSR count). The van der Waals surface area contributed by atoms with Gasteiger partial charge in [0.1, 0.15) is 0 Å². The van der Waals surface area contributed by atoms with E-state index in [1.165, 1.54) is 12.0 Å². The zero-order valence-electron chi connectivity index (χ0n) is 10.5. The summed E-state index contributed by atoms with van der Waals surface area (Å²) >= 11 is 3.62. The molecule has 1 saturated carbocycles. The van der Waals surface area contributed by atoms with Crippen molar-refractivity contribution in [2.24, 2.45) is 0 Å². The summed E-state index contributed by atoms with van der Waals surface area (Å²) < 4.78 is 12.4. The van der Waals surface area contributed by atoms with Crippen LogP contribution in [-0.4, -0.2) is 26.3 Å². The second kappa shape index (κ2) is 5.10. The lowest BCUT2D eigenvalue weighted by Crippen LogP contribution is -2.08. The minimum atomic E-state index is 0.384. The first kappa shape index (κ1) is 12.3. The normalized spacial score (nSPS) is 23.1. The van der Waals surface area contributed by atoms with Gasteiger partial charge >= 0.3 is 0 Å². The van der Waals surface area contributed by atoms with Crippen LogP contribution in [0.5, 0.6) is 11.5 Å². The molecule has 1 N–H and O–H groups in total. The van der Waals surface area contributed by atoms with Gasteiger partial charge in [0.05, 0.1) is 17.7 Å². The van der Waals surface area contributed by atoms with Crippen LogP contribution in [0, 0.1) is 0 Å². The van der Waals surface area contributed by atoms with Crippen LogP contribution in [-0.2, 0) is 0 Å². The fraction of sp³-hybridized carbons (Fsp3) is 0.571. The van der Waals surface area contributed by atoms with E-state index < -0.39 is 0 Å². The predicted octanol–water partition coefficient (Wildman–Crippen LogP) is 3.08. The summed E-state index contributed by atoms with van der Waals surface area (Å²) in [5.74, 6) is 2.29. The van der Waals surface area contributed by atoms with Crippen molar-refractivity contribution in [2.45, 2.75) is 31.3 Å². The summed E-state index contributed by atoms with van der Waals surface area (Å²) in [6, 6.07) is 4.30. The first-order valence-electron chi connectivity index (χ1n) is 6.52. The molecule has 1 atom stereocenters. The minimum Gasteiger partial charge on any atom is -0.493 e. The molecule has 2 fully saturated rings. The minimum absolute atomic E-state index is 0.384. The molecule has 0 spiro atoms. The van der Waals surface area contributed by atoms with Gasteiger partial charge in [0, 0.05) is 6.54 Å². The number of hydrogen-bond donors (Lipinski definition) is 1. The molecule has 1 aliphatic heterocycles. The number of benzene rings is 1. The summed E-state index contributed by atoms with van der Waals surface area (Å²) in [4.78, 5) is 0. The maximum Gasteiger partial charge on any atom is 0.175 e. The van der Waals surface area contributed by atoms with Gasteiger partial charge in [-0.25, -0.2) is 0 Å². The Morgan fingerprint density at radius 2 is 2.11 bits per heavy atom. The predicted molar refractivity (Wildman–Crippen MR) is 74.6 cm³/mol. The summed E-state index contributed by atoms with van der Waals surface area (Å²) in [7, 11) is 1.71. The van der Waals surface area contributed by atoms with Crippen molar-refractivity contribution in [3.05, 3.63) is 22.2 Å². The molecular formula is C14H18BrNO2. The Balaban J connectivity index is 1.90. The molecule has 98 valence electrons. The lowest BCUT2D eigenvalue weighted by molar-refractivity contribution is 0.280. The van der Waals surface area contributed by atoms with E-state index in [9.17, 15) is 0 Å². The van der Waals surface area contributed by atoms with E-state index in [0.717, 1.165) is 41.9 Å². The van der Waals surface area contributed by atoms with Gasteiger partial charge in [-0.1, -0.05) is 0 Å². The van der Waals surface area contributed by atoms with E-state index >= 15 is 0 Å². The standard InChI is InChI=1S/C14H18BrNO2/c1-17-13-7-10(9-4-5-16-8-9)6-12(15)14(13)18-11-2-3-11/h6-7,9,11,16H,2-5,8H2,1H3. The topological polar surface area (TPSA) is 30.5 Å². The van der Waals surface area contributed by atoms with Crippen LogP contribution in [0.2, 0.25) is 0 Å². The average Bonchev–Trinajstić information content (AvgIpc) is 3.02. The fourth-order valence-corrected chi connectivity index (χ4v) is 2.93. The zero-order valence-corrected chi connectivity index (χ0v) is 12.1. The first-order valence-corrected chi connectivity index (χ1v) is 7.32. The number of rotatable bonds is 4. The van der Waals surface area contributed by atoms with Crippen LogP contribution < -0.4 is 14.8 Å². The molecular weight excluding hydrogens is 294 g/mol. The van der Waals surface area contributed by atoms with Gasteiger partial charge in [-0.15, -0.1) is 0 Å². The van der Waals surface area contributed by atoms with Crippen LogP contribution in [0.1, 0.15) is 30.7 Å². The second-order valence-corrected chi connectivity index (χ2v) is 5.90. The molecule has 1 aromatic carbocycles. The Labute approximate surface area is 116 Å². The van der Waals surface area contributed by atoms with Crippen LogP contribution in [0.25, 0.3) is 0 Å². The summed E-state index contributed by atoms with van der Waals surface area (Å²) in [6.07, 6.45) is 3.89. The second-order valence-electron chi connectivity index (χ2n) is 5.04. The van der Waals surface area contributed by atoms with Crippen LogP contribution in [0.15, 0.2) is 16.6 Å². The summed E-state index contributed by atoms with van der Waals surface area (Å²) in [6.45, 7) is 2.16. The molecule has 1 heterocycles. The number of ether oxygens (including phenoxy) is 2. The Morgan fingerprint density at radius 1 is 1.28 bits per heavy atom. The zero-order chi connectivity index (χ0) is 12.5. The van der Waals surface area contributed by atoms with E-state index in [2.05, 4.69) is 33.4 Å². The molecule has 0 amide bonds. The van der Waals surface area contributed by atoms with Gasteiger partial charge in [-0.3, -0.25) is 0 Å². The maximum atomic E-state index is 5.91. The number of nitrogens with one attached hydrogen (secondary N) is 1. The van der Waals surface area contributed by atoms with Crippen molar-refractivity contribution in [3.63, 3.8) is 0 Å². The van der Waals surface area contributed by atoms with Crippen molar-refractivity contribution < 1.29 is 9.47 Å². The highest BCUT2D eigenvalue weighted by Crippen LogP contribution is 2.42. The summed E-state index contributed by atoms with van der Waals surface area (Å²) in [5, 5.41) is 3.40. The Morgan fingerprint density at radius 3 is 2.72 bits per heavy atom. The molecule has 3 nitrogen and oxygen atoms in total. The van der Waals surface area contributed by atoms with E-state index in [0.29, 0.717) is 12.0 Å². The lowest BCUT2D eigenvalue weighted by Gasteiger charge is -2.16. The van der Waals surface area contributed by atoms with Gasteiger partial charge in [-0.05, 0) is 65.4 Å². The van der Waals surface area contributed by atoms with Crippen LogP contribution in [0.3, 0.4) is 0 Å². The monoisotopic (exact) mass is 311 g/mol. The number of halogens is 1. The van der Waals surface area contributed by atoms with Gasteiger partial charge in [0.15, 0.2) is 11.5 Å². The van der Waals surface area contributed by atoms with E-state index in [1.807, 2.05) is 0 Å². The van der Waals surface area contributed by atoms with Crippen molar-refractivity contribution >= 4 is 15.9 Å². The molecule has 1 aliphatic carbocycles. The van der Waals surface area contributed by atoms with Crippen molar-refractivity contribution in [3.8, 4) is 11.5 Å². The Kier molecular flexibility index (Phi) is 3.48. The van der Waals surface area contributed by atoms with Gasteiger partial charge in [-0.2, -0.15) is 0 Å². The Hall–Kier alpha value is -0.740. The van der Waals surface area contributed by atoms with Gasteiger partial charge in [0.25, 0.3) is 0 Å². The van der Waals surface area contributed by atoms with Crippen LogP contribution >= 0.6 is 15.9 Å². The summed E-state index contributed by atoms with van der Waals surface area (Å²) in [5.41, 5.74) is 1.33. The quantitative estimate of drug-likeness (QED) is 0.927. The van der Waals surface area contributed by atoms with Gasteiger partial charge in [0.2, 0.25) is 0 Å². The molecule has 2 aliphatic rings. The number of methoxy groups -OCH3 is 1. The third kappa shape index (κ3) is 2.50. The maximum absolute atomic E-state index is 5.91. The average molecular weight is 312 g/mol. The third-order valence-electron chi connectivity index (χ3n) is 3.59. The Bertz CT molecular complexity index is 440. The third-order valence-corrected chi connectivity index (χ3v) is 4.18. The SMILES string of the molecule is COc1cc(C2CCNC2)cc(Br)c1OC1CC1. The van der Waals surface area contributed by atoms with Crippen molar-refractivity contribution in [1.82, 2.24) is 5.32 Å². The van der Waals surface area contributed by atoms with Crippen molar-refractivity contribution in [2.75, 3.05) is 20.2 Å². The van der Waals surface area contributed by atoms with Crippen LogP contribution in [0.4, 0.5) is 0 Å². The number of hydrogen-bond acceptors (Lipinski definition) is 3. The molecule has 0 aromatic heterocycles. The molecule has 0 radical (unpaired) electrons. The molecule has 18 heavy (non-hydrogen) atoms. The molecule has 0 bridgehead atoms. The first-order chi connectivity index (χ1) is 8.78. The largest absolute Gasteiger partial charge is 0.493 e. The molecule has 4 heteroatoms. The van der Waals surface area contributed by atoms with Crippen molar-refractivity contribution in [1.29, 1.82) is 0 Å². The highest BCUT2D eigenvalue weighted by molar-refractivity contribution is 9.10. The highest BCUT2D eigenvalue weighted by atomic mass is 79.9. The molecule has 1 saturated heterocycles. The van der Waals surface area contributed by atoms with E-state index in [-0.39, 0.29) is 0 Å². The lowest BCUT2D eigenvalue weighted by atomic mass is 9.98. The van der Waals surface area contributed by atoms with E-state index in [4.69, 9.17) is 9.47 Å². The van der Waals surface area contributed by atoms with Gasteiger partial charge < -0.3 is 14.8 Å².